The summed E-state index contributed by atoms with van der Waals surface area (Å²) < 4.78 is 35.4. The Balaban J connectivity index is 1.51. The number of halogens is 2. The quantitative estimate of drug-likeness (QED) is 0.230. The number of benzene rings is 1. The molecule has 0 unspecified atom stereocenters. The minimum Gasteiger partial charge on any atom is -0.378 e. The molecule has 234 valence electrons. The average molecular weight is 605 g/mol. The Labute approximate surface area is 258 Å². The molecule has 2 aliphatic rings. The van der Waals surface area contributed by atoms with Gasteiger partial charge in [-0.15, -0.1) is 6.42 Å². The molecule has 9 nitrogen and oxygen atoms in total. The fourth-order valence-electron chi connectivity index (χ4n) is 6.06. The number of imidazole rings is 1. The van der Waals surface area contributed by atoms with Gasteiger partial charge in [-0.2, -0.15) is 15.0 Å². The number of rotatable bonds is 10. The molecule has 1 N–H and O–H groups in total. The van der Waals surface area contributed by atoms with Gasteiger partial charge >= 0.3 is 0 Å². The van der Waals surface area contributed by atoms with Crippen molar-refractivity contribution in [3.8, 4) is 18.3 Å². The first-order valence-electron chi connectivity index (χ1n) is 15.4. The summed E-state index contributed by atoms with van der Waals surface area (Å²) in [5.74, 6) is 3.51. The van der Waals surface area contributed by atoms with Crippen LogP contribution in [0.5, 0.6) is 0 Å². The van der Waals surface area contributed by atoms with Crippen LogP contribution in [0.4, 0.5) is 20.7 Å². The molecule has 2 saturated heterocycles. The fraction of sp³-hybridized carbons (Fsp3) is 0.515. The monoisotopic (exact) mass is 604 g/mol. The van der Waals surface area contributed by atoms with Crippen molar-refractivity contribution in [3.05, 3.63) is 53.4 Å². The van der Waals surface area contributed by atoms with Crippen LogP contribution in [0, 0.1) is 18.3 Å². The maximum Gasteiger partial charge on any atom is 0.296 e. The van der Waals surface area contributed by atoms with Gasteiger partial charge in [0.05, 0.1) is 24.2 Å². The Bertz CT molecular complexity index is 1540. The second-order valence-corrected chi connectivity index (χ2v) is 12.1. The van der Waals surface area contributed by atoms with Crippen LogP contribution in [0.25, 0.3) is 17.0 Å². The van der Waals surface area contributed by atoms with E-state index in [1.807, 2.05) is 11.0 Å². The third-order valence-electron chi connectivity index (χ3n) is 8.50. The third kappa shape index (κ3) is 7.25. The molecule has 5 rings (SSSR count). The van der Waals surface area contributed by atoms with Crippen molar-refractivity contribution in [1.82, 2.24) is 29.4 Å². The van der Waals surface area contributed by atoms with Gasteiger partial charge in [0.25, 0.3) is 6.43 Å². The van der Waals surface area contributed by atoms with Crippen molar-refractivity contribution in [3.63, 3.8) is 0 Å². The number of anilines is 2. The van der Waals surface area contributed by atoms with Crippen LogP contribution < -0.4 is 10.2 Å². The first kappa shape index (κ1) is 31.5. The van der Waals surface area contributed by atoms with E-state index < -0.39 is 17.8 Å². The second-order valence-electron chi connectivity index (χ2n) is 12.1. The fourth-order valence-corrected chi connectivity index (χ4v) is 6.06. The van der Waals surface area contributed by atoms with Gasteiger partial charge in [0.15, 0.2) is 5.82 Å². The van der Waals surface area contributed by atoms with Crippen LogP contribution in [0.2, 0.25) is 0 Å². The number of nitrogens with one attached hydrogen (secondary N) is 1. The molecule has 0 spiro atoms. The zero-order chi connectivity index (χ0) is 31.3. The summed E-state index contributed by atoms with van der Waals surface area (Å²) in [7, 11) is 0. The van der Waals surface area contributed by atoms with E-state index in [1.54, 1.807) is 30.3 Å². The van der Waals surface area contributed by atoms with E-state index in [4.69, 9.17) is 21.1 Å². The lowest BCUT2D eigenvalue weighted by Crippen LogP contribution is -2.38. The van der Waals surface area contributed by atoms with Crippen LogP contribution in [-0.4, -0.2) is 80.9 Å². The molecule has 4 heterocycles. The molecule has 0 radical (unpaired) electrons. The first-order chi connectivity index (χ1) is 21.2. The summed E-state index contributed by atoms with van der Waals surface area (Å²) in [5.41, 5.74) is 2.96. The Morgan fingerprint density at radius 1 is 1.09 bits per heavy atom. The number of fused-ring (bicyclic) bond motifs is 1. The highest BCUT2D eigenvalue weighted by Gasteiger charge is 2.28. The molecule has 2 aromatic heterocycles. The molecule has 0 aliphatic carbocycles. The number of para-hydroxylation sites is 2. The summed E-state index contributed by atoms with van der Waals surface area (Å²) in [5, 5.41) is 3.51. The van der Waals surface area contributed by atoms with Crippen molar-refractivity contribution >= 4 is 22.9 Å². The van der Waals surface area contributed by atoms with Gasteiger partial charge in [-0.3, -0.25) is 4.57 Å². The van der Waals surface area contributed by atoms with E-state index in [0.717, 1.165) is 32.5 Å². The molecule has 0 atom stereocenters. The maximum atomic E-state index is 14.3. The Hall–Kier alpha value is -3.88. The predicted molar refractivity (Wildman–Crippen MR) is 170 cm³/mol. The molecular formula is C33H42F2N8O. The summed E-state index contributed by atoms with van der Waals surface area (Å²) in [6, 6.07) is 7.00. The highest BCUT2D eigenvalue weighted by atomic mass is 19.3. The maximum absolute atomic E-state index is 14.3. The predicted octanol–water partition coefficient (Wildman–Crippen LogP) is 5.80. The van der Waals surface area contributed by atoms with E-state index in [9.17, 15) is 8.78 Å². The Kier molecular flexibility index (Phi) is 9.91. The minimum absolute atomic E-state index is 0.0886. The van der Waals surface area contributed by atoms with Crippen molar-refractivity contribution in [2.24, 2.45) is 5.92 Å². The van der Waals surface area contributed by atoms with E-state index in [2.05, 4.69) is 53.8 Å². The lowest BCUT2D eigenvalue weighted by molar-refractivity contribution is 0.122. The number of piperidine rings is 1. The zero-order valence-corrected chi connectivity index (χ0v) is 26.1. The molecule has 44 heavy (non-hydrogen) atoms. The highest BCUT2D eigenvalue weighted by Crippen LogP contribution is 2.32. The molecule has 1 aromatic carbocycles. The average Bonchev–Trinajstić information content (AvgIpc) is 3.43. The summed E-state index contributed by atoms with van der Waals surface area (Å²) in [4.78, 5) is 22.8. The largest absolute Gasteiger partial charge is 0.378 e. The van der Waals surface area contributed by atoms with Gasteiger partial charge in [-0.1, -0.05) is 36.6 Å². The number of terminal acetylenes is 1. The number of likely N-dealkylation sites (tertiary alicyclic amines) is 1. The molecule has 0 saturated carbocycles. The molecular weight excluding hydrogens is 562 g/mol. The van der Waals surface area contributed by atoms with Crippen LogP contribution in [0.1, 0.15) is 59.2 Å². The molecule has 2 aliphatic heterocycles. The zero-order valence-electron chi connectivity index (χ0n) is 26.1. The van der Waals surface area contributed by atoms with Crippen molar-refractivity contribution in [2.45, 2.75) is 58.9 Å². The van der Waals surface area contributed by atoms with E-state index in [0.29, 0.717) is 61.6 Å². The number of nitrogens with zero attached hydrogens (tertiary/aromatic N) is 7. The smallest absolute Gasteiger partial charge is 0.296 e. The van der Waals surface area contributed by atoms with Gasteiger partial charge in [0, 0.05) is 18.6 Å². The number of morpholine rings is 1. The minimum atomic E-state index is -2.82. The van der Waals surface area contributed by atoms with Crippen molar-refractivity contribution in [2.75, 3.05) is 56.2 Å². The second kappa shape index (κ2) is 13.8. The number of ether oxygens (including phenoxy) is 1. The van der Waals surface area contributed by atoms with E-state index >= 15 is 0 Å². The number of hydrogen-bond acceptors (Lipinski definition) is 8. The number of allylic oxidation sites excluding steroid dienone is 3. The third-order valence-corrected chi connectivity index (χ3v) is 8.50. The lowest BCUT2D eigenvalue weighted by atomic mass is 9.83. The first-order valence-corrected chi connectivity index (χ1v) is 15.4. The SMILES string of the molecule is C#C/C=C\C(CC(C)(C)Nc1nc(N2CCOCC2)nc(-n2c(C(F)F)nc3ccccc32)n1)=C(/C)C1CCN(CC)CC1. The molecule has 11 heteroatoms. The summed E-state index contributed by atoms with van der Waals surface area (Å²) in [6.07, 6.45) is 9.49. The summed E-state index contributed by atoms with van der Waals surface area (Å²) >= 11 is 0. The molecule has 2 fully saturated rings. The van der Waals surface area contributed by atoms with Gasteiger partial charge in [0.2, 0.25) is 17.8 Å². The lowest BCUT2D eigenvalue weighted by Gasteiger charge is -2.34. The Morgan fingerprint density at radius 2 is 1.80 bits per heavy atom. The van der Waals surface area contributed by atoms with Gasteiger partial charge in [-0.25, -0.2) is 13.8 Å². The molecule has 0 amide bonds. The standard InChI is InChI=1S/C33H42F2N8O/c1-6-8-11-25(23(3)24-14-16-41(7-2)17-15-24)22-33(4,5)40-30-37-31(42-18-20-44-21-19-42)39-32(38-30)43-27-13-10-9-12-26(27)36-29(43)28(34)35/h1,8-13,24,28H,7,14-22H2,2-5H3,(H,37,38,39,40)/b11-8-,25-23-. The molecule has 3 aromatic rings. The topological polar surface area (TPSA) is 84.2 Å². The normalized spacial score (nSPS) is 17.8. The van der Waals surface area contributed by atoms with Crippen molar-refractivity contribution < 1.29 is 13.5 Å². The van der Waals surface area contributed by atoms with Crippen LogP contribution >= 0.6 is 0 Å². The Morgan fingerprint density at radius 3 is 2.48 bits per heavy atom. The van der Waals surface area contributed by atoms with Crippen molar-refractivity contribution in [1.29, 1.82) is 0 Å². The number of hydrogen-bond donors (Lipinski definition) is 1. The van der Waals surface area contributed by atoms with Gasteiger partial charge in [0.1, 0.15) is 0 Å². The highest BCUT2D eigenvalue weighted by molar-refractivity contribution is 5.77. The molecule has 0 bridgehead atoms. The van der Waals surface area contributed by atoms with E-state index in [-0.39, 0.29) is 5.95 Å². The number of alkyl halides is 2. The number of aromatic nitrogens is 5. The van der Waals surface area contributed by atoms with E-state index in [1.165, 1.54) is 15.7 Å². The van der Waals surface area contributed by atoms with Crippen LogP contribution in [-0.2, 0) is 4.74 Å². The van der Waals surface area contributed by atoms with Crippen LogP contribution in [0.15, 0.2) is 47.6 Å². The van der Waals surface area contributed by atoms with Crippen LogP contribution in [0.3, 0.4) is 0 Å². The van der Waals surface area contributed by atoms with Gasteiger partial charge < -0.3 is 19.9 Å². The summed E-state index contributed by atoms with van der Waals surface area (Å²) in [6.45, 7) is 14.1. The van der Waals surface area contributed by atoms with Gasteiger partial charge in [-0.05, 0) is 89.4 Å².